The van der Waals surface area contributed by atoms with Crippen LogP contribution >= 0.6 is 11.6 Å². The first kappa shape index (κ1) is 15.5. The number of carbonyl (C=O) groups excluding carboxylic acids is 1. The number of para-hydroxylation sites is 1. The fraction of sp³-hybridized carbons (Fsp3) is 0.0500. The van der Waals surface area contributed by atoms with Crippen molar-refractivity contribution in [3.63, 3.8) is 0 Å². The highest BCUT2D eigenvalue weighted by Gasteiger charge is 2.23. The third-order valence-electron chi connectivity index (χ3n) is 4.31. The number of ether oxygens (including phenoxy) is 1. The smallest absolute Gasteiger partial charge is 0.340 e. The van der Waals surface area contributed by atoms with Crippen LogP contribution in [0, 0.1) is 0 Å². The molecule has 0 aliphatic heterocycles. The van der Waals surface area contributed by atoms with E-state index < -0.39 is 5.97 Å². The van der Waals surface area contributed by atoms with Gasteiger partial charge in [0, 0.05) is 28.0 Å². The van der Waals surface area contributed by atoms with Crippen molar-refractivity contribution in [1.29, 1.82) is 0 Å². The Bertz CT molecular complexity index is 1120. The van der Waals surface area contributed by atoms with Gasteiger partial charge >= 0.3 is 5.97 Å². The third-order valence-corrected chi connectivity index (χ3v) is 4.68. The zero-order chi connectivity index (χ0) is 17.6. The van der Waals surface area contributed by atoms with Crippen LogP contribution in [0.5, 0.6) is 5.75 Å². The first-order valence-electron chi connectivity index (χ1n) is 7.71. The highest BCUT2D eigenvalue weighted by molar-refractivity contribution is 6.41. The second-order valence-electron chi connectivity index (χ2n) is 5.67. The Hall–Kier alpha value is -2.98. The zero-order valence-corrected chi connectivity index (χ0v) is 14.1. The summed E-state index contributed by atoms with van der Waals surface area (Å²) in [5.74, 6) is -0.544. The van der Waals surface area contributed by atoms with Gasteiger partial charge in [-0.25, -0.2) is 4.79 Å². The lowest BCUT2D eigenvalue weighted by Gasteiger charge is -2.10. The Morgan fingerprint density at radius 3 is 2.36 bits per heavy atom. The standard InChI is InChI=1S/C20H14ClNO3/c1-25-20(24)15-11-22(12-7-3-2-4-8-12)18-13-9-5-6-10-14(13)19(23)17(21)16(15)18/h2-11,23H,1H3. The van der Waals surface area contributed by atoms with E-state index in [1.54, 1.807) is 12.3 Å². The van der Waals surface area contributed by atoms with E-state index in [9.17, 15) is 9.90 Å². The number of esters is 1. The van der Waals surface area contributed by atoms with E-state index in [1.165, 1.54) is 7.11 Å². The predicted molar refractivity (Wildman–Crippen MR) is 98.8 cm³/mol. The minimum atomic E-state index is -0.503. The normalized spacial score (nSPS) is 11.1. The van der Waals surface area contributed by atoms with Crippen molar-refractivity contribution in [3.05, 3.63) is 71.4 Å². The zero-order valence-electron chi connectivity index (χ0n) is 13.4. The maximum Gasteiger partial charge on any atom is 0.340 e. The lowest BCUT2D eigenvalue weighted by Crippen LogP contribution is -2.00. The van der Waals surface area contributed by atoms with E-state index in [4.69, 9.17) is 16.3 Å². The van der Waals surface area contributed by atoms with E-state index in [1.807, 2.05) is 53.1 Å². The molecule has 0 saturated carbocycles. The molecule has 124 valence electrons. The number of aromatic nitrogens is 1. The molecule has 0 spiro atoms. The molecule has 0 saturated heterocycles. The maximum absolute atomic E-state index is 12.3. The lowest BCUT2D eigenvalue weighted by atomic mass is 10.0. The van der Waals surface area contributed by atoms with Crippen LogP contribution in [0.2, 0.25) is 5.02 Å². The van der Waals surface area contributed by atoms with Gasteiger partial charge in [-0.15, -0.1) is 0 Å². The fourth-order valence-corrected chi connectivity index (χ4v) is 3.48. The number of fused-ring (bicyclic) bond motifs is 3. The largest absolute Gasteiger partial charge is 0.506 e. The molecule has 1 heterocycles. The van der Waals surface area contributed by atoms with E-state index in [0.29, 0.717) is 16.3 Å². The van der Waals surface area contributed by atoms with Crippen molar-refractivity contribution >= 4 is 39.2 Å². The van der Waals surface area contributed by atoms with Gasteiger partial charge in [0.1, 0.15) is 5.75 Å². The maximum atomic E-state index is 12.3. The van der Waals surface area contributed by atoms with Gasteiger partial charge in [-0.3, -0.25) is 0 Å². The van der Waals surface area contributed by atoms with E-state index >= 15 is 0 Å². The number of hydrogen-bond donors (Lipinski definition) is 1. The Balaban J connectivity index is 2.25. The molecule has 25 heavy (non-hydrogen) atoms. The van der Waals surface area contributed by atoms with Crippen LogP contribution in [0.15, 0.2) is 60.8 Å². The number of benzene rings is 3. The first-order chi connectivity index (χ1) is 12.1. The van der Waals surface area contributed by atoms with Gasteiger partial charge in [-0.2, -0.15) is 0 Å². The number of halogens is 1. The average molecular weight is 352 g/mol. The summed E-state index contributed by atoms with van der Waals surface area (Å²) in [7, 11) is 1.32. The van der Waals surface area contributed by atoms with Crippen molar-refractivity contribution in [3.8, 4) is 11.4 Å². The summed E-state index contributed by atoms with van der Waals surface area (Å²) >= 11 is 6.44. The fourth-order valence-electron chi connectivity index (χ4n) is 3.18. The molecular weight excluding hydrogens is 338 g/mol. The molecule has 0 bridgehead atoms. The Morgan fingerprint density at radius 1 is 1.04 bits per heavy atom. The van der Waals surface area contributed by atoms with Gasteiger partial charge in [-0.05, 0) is 12.1 Å². The summed E-state index contributed by atoms with van der Waals surface area (Å²) in [6.07, 6.45) is 1.70. The Labute approximate surface area is 148 Å². The molecular formula is C20H14ClNO3. The summed E-state index contributed by atoms with van der Waals surface area (Å²) in [6.45, 7) is 0. The van der Waals surface area contributed by atoms with Crippen LogP contribution in [-0.4, -0.2) is 22.8 Å². The molecule has 0 amide bonds. The molecule has 0 atom stereocenters. The molecule has 0 radical (unpaired) electrons. The van der Waals surface area contributed by atoms with Crippen molar-refractivity contribution in [1.82, 2.24) is 4.57 Å². The third kappa shape index (κ3) is 2.26. The number of phenolic OH excluding ortho intramolecular Hbond substituents is 1. The summed E-state index contributed by atoms with van der Waals surface area (Å²) in [4.78, 5) is 12.3. The van der Waals surface area contributed by atoms with Gasteiger partial charge in [-0.1, -0.05) is 54.1 Å². The molecule has 1 N–H and O–H groups in total. The van der Waals surface area contributed by atoms with Crippen molar-refractivity contribution in [2.75, 3.05) is 7.11 Å². The molecule has 4 rings (SSSR count). The summed E-state index contributed by atoms with van der Waals surface area (Å²) < 4.78 is 6.81. The van der Waals surface area contributed by atoms with E-state index in [2.05, 4.69) is 0 Å². The molecule has 4 aromatic rings. The topological polar surface area (TPSA) is 51.5 Å². The van der Waals surface area contributed by atoms with Crippen LogP contribution in [0.25, 0.3) is 27.4 Å². The molecule has 0 aliphatic carbocycles. The Kier molecular flexibility index (Phi) is 3.62. The van der Waals surface area contributed by atoms with Crippen LogP contribution < -0.4 is 0 Å². The number of methoxy groups -OCH3 is 1. The lowest BCUT2D eigenvalue weighted by molar-refractivity contribution is 0.0603. The van der Waals surface area contributed by atoms with Gasteiger partial charge in [0.2, 0.25) is 0 Å². The predicted octanol–water partition coefficient (Wildman–Crippen LogP) is 4.93. The van der Waals surface area contributed by atoms with Crippen LogP contribution in [0.4, 0.5) is 0 Å². The Morgan fingerprint density at radius 2 is 1.68 bits per heavy atom. The molecule has 0 fully saturated rings. The number of aromatic hydroxyl groups is 1. The minimum Gasteiger partial charge on any atom is -0.506 e. The van der Waals surface area contributed by atoms with Crippen molar-refractivity contribution in [2.24, 2.45) is 0 Å². The molecule has 5 heteroatoms. The number of rotatable bonds is 2. The number of nitrogens with zero attached hydrogens (tertiary/aromatic N) is 1. The number of phenols is 1. The highest BCUT2D eigenvalue weighted by atomic mass is 35.5. The number of hydrogen-bond acceptors (Lipinski definition) is 3. The first-order valence-corrected chi connectivity index (χ1v) is 8.09. The molecule has 3 aromatic carbocycles. The quantitative estimate of drug-likeness (QED) is 0.521. The van der Waals surface area contributed by atoms with Gasteiger partial charge in [0.25, 0.3) is 0 Å². The monoisotopic (exact) mass is 351 g/mol. The molecule has 0 aliphatic rings. The van der Waals surface area contributed by atoms with E-state index in [0.717, 1.165) is 16.6 Å². The van der Waals surface area contributed by atoms with Crippen LogP contribution in [0.1, 0.15) is 10.4 Å². The summed E-state index contributed by atoms with van der Waals surface area (Å²) in [5.41, 5.74) is 1.95. The number of carbonyl (C=O) groups is 1. The molecule has 4 nitrogen and oxygen atoms in total. The highest BCUT2D eigenvalue weighted by Crippen LogP contribution is 2.43. The van der Waals surface area contributed by atoms with Gasteiger partial charge in [0.05, 0.1) is 23.2 Å². The van der Waals surface area contributed by atoms with Crippen LogP contribution in [-0.2, 0) is 4.74 Å². The SMILES string of the molecule is COC(=O)c1cn(-c2ccccc2)c2c1c(Cl)c(O)c1ccccc12. The minimum absolute atomic E-state index is 0.0410. The van der Waals surface area contributed by atoms with Crippen molar-refractivity contribution < 1.29 is 14.6 Å². The summed E-state index contributed by atoms with van der Waals surface area (Å²) in [5, 5.41) is 12.6. The van der Waals surface area contributed by atoms with Crippen molar-refractivity contribution in [2.45, 2.75) is 0 Å². The van der Waals surface area contributed by atoms with Crippen LogP contribution in [0.3, 0.4) is 0 Å². The summed E-state index contributed by atoms with van der Waals surface area (Å²) in [6, 6.07) is 17.1. The second kappa shape index (κ2) is 5.83. The molecule has 1 aromatic heterocycles. The average Bonchev–Trinajstić information content (AvgIpc) is 3.07. The van der Waals surface area contributed by atoms with E-state index in [-0.39, 0.29) is 10.8 Å². The second-order valence-corrected chi connectivity index (χ2v) is 6.05. The molecule has 0 unspecified atom stereocenters. The van der Waals surface area contributed by atoms with Gasteiger partial charge in [0.15, 0.2) is 0 Å². The van der Waals surface area contributed by atoms with Gasteiger partial charge < -0.3 is 14.4 Å².